The number of alkyl carbamates (subject to hydrolysis) is 1. The highest BCUT2D eigenvalue weighted by molar-refractivity contribution is 7.99. The minimum absolute atomic E-state index is 0.0231. The summed E-state index contributed by atoms with van der Waals surface area (Å²) in [5.74, 6) is 0.653. The van der Waals surface area contributed by atoms with Crippen LogP contribution in [0, 0.1) is 11.7 Å². The van der Waals surface area contributed by atoms with Crippen molar-refractivity contribution in [1.82, 2.24) is 20.0 Å². The molecule has 2 saturated heterocycles. The van der Waals surface area contributed by atoms with Crippen LogP contribution in [0.25, 0.3) is 11.1 Å². The maximum absolute atomic E-state index is 14.2. The van der Waals surface area contributed by atoms with Crippen LogP contribution in [0.5, 0.6) is 0 Å². The van der Waals surface area contributed by atoms with Crippen molar-refractivity contribution in [3.8, 4) is 11.1 Å². The van der Waals surface area contributed by atoms with E-state index >= 15 is 0 Å². The number of carbonyl (C=O) groups excluding carboxylic acids is 2. The van der Waals surface area contributed by atoms with E-state index in [1.54, 1.807) is 29.2 Å². The molecule has 0 bridgehead atoms. The zero-order valence-corrected chi connectivity index (χ0v) is 30.4. The lowest BCUT2D eigenvalue weighted by molar-refractivity contribution is -0.137. The first-order valence-corrected chi connectivity index (χ1v) is 19.6. The Morgan fingerprint density at radius 1 is 0.900 bits per heavy atom. The largest absolute Gasteiger partial charge is 0.445 e. The molecule has 2 fully saturated rings. The number of likely N-dealkylation sites (tertiary alicyclic amines) is 1. The number of nitrogens with one attached hydrogen (secondary N) is 1. The number of ether oxygens (including phenoxy) is 1. The van der Waals surface area contributed by atoms with Crippen molar-refractivity contribution < 1.29 is 18.7 Å². The predicted molar refractivity (Wildman–Crippen MR) is 201 cm³/mol. The first-order valence-electron chi connectivity index (χ1n) is 17.7. The minimum atomic E-state index is -0.641. The third-order valence-corrected chi connectivity index (χ3v) is 11.6. The third kappa shape index (κ3) is 9.75. The molecule has 0 aliphatic carbocycles. The number of rotatable bonds is 13. The number of benzene rings is 3. The normalized spacial score (nSPS) is 16.6. The van der Waals surface area contributed by atoms with Crippen LogP contribution in [0.1, 0.15) is 36.5 Å². The summed E-state index contributed by atoms with van der Waals surface area (Å²) in [6.45, 7) is 8.26. The molecule has 2 amide bonds. The molecule has 0 spiro atoms. The topological polar surface area (TPSA) is 65.1 Å². The second kappa shape index (κ2) is 18.0. The number of carbonyl (C=O) groups is 2. The third-order valence-electron chi connectivity index (χ3n) is 9.79. The van der Waals surface area contributed by atoms with Gasteiger partial charge < -0.3 is 19.9 Å². The lowest BCUT2D eigenvalue weighted by atomic mass is 9.88. The number of hydrogen-bond donors (Lipinski definition) is 1. The molecule has 50 heavy (non-hydrogen) atoms. The van der Waals surface area contributed by atoms with E-state index in [4.69, 9.17) is 4.74 Å². The summed E-state index contributed by atoms with van der Waals surface area (Å²) in [6, 6.07) is 24.5. The van der Waals surface area contributed by atoms with E-state index in [1.165, 1.54) is 22.8 Å². The van der Waals surface area contributed by atoms with Gasteiger partial charge in [0.05, 0.1) is 0 Å². The van der Waals surface area contributed by atoms with Crippen LogP contribution in [0.15, 0.2) is 94.5 Å². The molecule has 1 atom stereocenters. The molecule has 10 heteroatoms. The van der Waals surface area contributed by atoms with E-state index in [1.807, 2.05) is 47.4 Å². The van der Waals surface area contributed by atoms with Gasteiger partial charge in [-0.15, -0.1) is 11.8 Å². The van der Waals surface area contributed by atoms with Crippen molar-refractivity contribution in [2.24, 2.45) is 5.92 Å². The first-order chi connectivity index (χ1) is 24.5. The molecular formula is C40H47FN4O3S2. The standard InChI is InChI=1S/C40H47FN4O3S2/c1-2-50-37-25-35(41)14-13-33(37)26-44-21-23-45(24-22-44)39(46)38(42-40(47)48-27-30-9-5-3-6-10-30)32-15-18-43(19-16-32)20-17-34-28-49-29-36(34)31-11-7-4-8-12-31/h3-14,25,28-29,32,38H,2,15-24,26-27H2,1H3,(H,42,47)/t38-/m1/s1. The van der Waals surface area contributed by atoms with Crippen molar-refractivity contribution in [2.75, 3.05) is 51.6 Å². The fraction of sp³-hybridized carbons (Fsp3) is 0.400. The van der Waals surface area contributed by atoms with Gasteiger partial charge in [0.2, 0.25) is 5.91 Å². The molecule has 264 valence electrons. The number of piperidine rings is 1. The van der Waals surface area contributed by atoms with Crippen LogP contribution >= 0.6 is 23.1 Å². The van der Waals surface area contributed by atoms with Gasteiger partial charge in [-0.25, -0.2) is 9.18 Å². The average molecular weight is 715 g/mol. The zero-order chi connectivity index (χ0) is 34.7. The fourth-order valence-corrected chi connectivity index (χ4v) is 8.69. The highest BCUT2D eigenvalue weighted by atomic mass is 32.2. The Morgan fingerprint density at radius 2 is 1.62 bits per heavy atom. The van der Waals surface area contributed by atoms with Crippen molar-refractivity contribution >= 4 is 35.1 Å². The van der Waals surface area contributed by atoms with Gasteiger partial charge in [0, 0.05) is 44.2 Å². The molecule has 0 unspecified atom stereocenters. The monoisotopic (exact) mass is 714 g/mol. The van der Waals surface area contributed by atoms with E-state index in [0.717, 1.165) is 80.3 Å². The van der Waals surface area contributed by atoms with Gasteiger partial charge in [0.15, 0.2) is 0 Å². The Bertz CT molecular complexity index is 1670. The quantitative estimate of drug-likeness (QED) is 0.144. The molecule has 7 nitrogen and oxygen atoms in total. The molecule has 0 saturated carbocycles. The smallest absolute Gasteiger partial charge is 0.408 e. The molecule has 2 aliphatic rings. The summed E-state index contributed by atoms with van der Waals surface area (Å²) in [6.07, 6.45) is 2.07. The van der Waals surface area contributed by atoms with Crippen LogP contribution in [0.4, 0.5) is 9.18 Å². The molecule has 3 aromatic carbocycles. The van der Waals surface area contributed by atoms with Crippen LogP contribution in [-0.2, 0) is 29.1 Å². The molecule has 4 aromatic rings. The Hall–Kier alpha value is -3.70. The zero-order valence-electron chi connectivity index (χ0n) is 28.8. The molecule has 1 aromatic heterocycles. The number of piperazine rings is 1. The summed E-state index contributed by atoms with van der Waals surface area (Å²) < 4.78 is 19.5. The van der Waals surface area contributed by atoms with Crippen molar-refractivity contribution in [3.05, 3.63) is 112 Å². The Morgan fingerprint density at radius 3 is 2.34 bits per heavy atom. The fourth-order valence-electron chi connectivity index (χ4n) is 6.96. The summed E-state index contributed by atoms with van der Waals surface area (Å²) in [5, 5.41) is 7.50. The number of hydrogen-bond acceptors (Lipinski definition) is 7. The van der Waals surface area contributed by atoms with Gasteiger partial charge in [0.25, 0.3) is 0 Å². The SMILES string of the molecule is CCSc1cc(F)ccc1CN1CCN(C(=O)[C@H](NC(=O)OCc2ccccc2)C2CCN(CCc3cscc3-c3ccccc3)CC2)CC1. The van der Waals surface area contributed by atoms with Crippen LogP contribution in [0.2, 0.25) is 0 Å². The van der Waals surface area contributed by atoms with Crippen LogP contribution < -0.4 is 5.32 Å². The van der Waals surface area contributed by atoms with E-state index < -0.39 is 12.1 Å². The molecular weight excluding hydrogens is 668 g/mol. The summed E-state index contributed by atoms with van der Waals surface area (Å²) in [5.41, 5.74) is 5.95. The minimum Gasteiger partial charge on any atom is -0.445 e. The first kappa shape index (κ1) is 36.1. The molecule has 0 radical (unpaired) electrons. The lowest BCUT2D eigenvalue weighted by Gasteiger charge is -2.40. The number of thiophene rings is 1. The lowest BCUT2D eigenvalue weighted by Crippen LogP contribution is -2.58. The van der Waals surface area contributed by atoms with E-state index in [2.05, 4.69) is 57.1 Å². The number of thioether (sulfide) groups is 1. The van der Waals surface area contributed by atoms with Gasteiger partial charge in [-0.05, 0) is 94.7 Å². The summed E-state index contributed by atoms with van der Waals surface area (Å²) >= 11 is 3.40. The number of nitrogens with zero attached hydrogens (tertiary/aromatic N) is 3. The van der Waals surface area contributed by atoms with Gasteiger partial charge >= 0.3 is 6.09 Å². The summed E-state index contributed by atoms with van der Waals surface area (Å²) in [4.78, 5) is 35.0. The van der Waals surface area contributed by atoms with Gasteiger partial charge in [0.1, 0.15) is 18.5 Å². The Kier molecular flexibility index (Phi) is 13.0. The van der Waals surface area contributed by atoms with Crippen molar-refractivity contribution in [1.29, 1.82) is 0 Å². The van der Waals surface area contributed by atoms with Crippen LogP contribution in [-0.4, -0.2) is 84.3 Å². The van der Waals surface area contributed by atoms with Crippen molar-refractivity contribution in [2.45, 2.75) is 50.3 Å². The van der Waals surface area contributed by atoms with Crippen molar-refractivity contribution in [3.63, 3.8) is 0 Å². The maximum atomic E-state index is 14.2. The summed E-state index contributed by atoms with van der Waals surface area (Å²) in [7, 11) is 0. The maximum Gasteiger partial charge on any atom is 0.408 e. The average Bonchev–Trinajstić information content (AvgIpc) is 3.63. The second-order valence-corrected chi connectivity index (χ2v) is 15.1. The van der Waals surface area contributed by atoms with E-state index in [-0.39, 0.29) is 24.2 Å². The second-order valence-electron chi connectivity index (χ2n) is 13.1. The highest BCUT2D eigenvalue weighted by Gasteiger charge is 2.36. The Balaban J connectivity index is 1.06. The molecule has 1 N–H and O–H groups in total. The molecule has 2 aliphatic heterocycles. The predicted octanol–water partition coefficient (Wildman–Crippen LogP) is 7.56. The Labute approximate surface area is 303 Å². The number of amides is 2. The highest BCUT2D eigenvalue weighted by Crippen LogP contribution is 2.29. The van der Waals surface area contributed by atoms with Gasteiger partial charge in [-0.1, -0.05) is 73.7 Å². The molecule has 3 heterocycles. The number of halogens is 1. The van der Waals surface area contributed by atoms with Gasteiger partial charge in [-0.3, -0.25) is 9.69 Å². The van der Waals surface area contributed by atoms with E-state index in [9.17, 15) is 14.0 Å². The molecule has 6 rings (SSSR count). The van der Waals surface area contributed by atoms with E-state index in [0.29, 0.717) is 13.1 Å². The van der Waals surface area contributed by atoms with Gasteiger partial charge in [-0.2, -0.15) is 11.3 Å². The van der Waals surface area contributed by atoms with Crippen LogP contribution in [0.3, 0.4) is 0 Å².